The Hall–Kier alpha value is -3.19. The summed E-state index contributed by atoms with van der Waals surface area (Å²) < 4.78 is 39.5. The zero-order valence-electron chi connectivity index (χ0n) is 25.2. The van der Waals surface area contributed by atoms with E-state index in [2.05, 4.69) is 10.6 Å². The van der Waals surface area contributed by atoms with Crippen LogP contribution in [-0.4, -0.2) is 73.8 Å². The normalized spacial score (nSPS) is 16.1. The molecule has 5 N–H and O–H groups in total. The highest BCUT2D eigenvalue weighted by atomic mass is 32.2. The van der Waals surface area contributed by atoms with Crippen LogP contribution in [0.5, 0.6) is 11.5 Å². The van der Waals surface area contributed by atoms with Gasteiger partial charge in [0.25, 0.3) is 0 Å². The van der Waals surface area contributed by atoms with E-state index in [1.165, 1.54) is 23.4 Å². The molecule has 11 nitrogen and oxygen atoms in total. The first-order valence-electron chi connectivity index (χ1n) is 14.1. The van der Waals surface area contributed by atoms with Gasteiger partial charge in [0.2, 0.25) is 28.6 Å². The van der Waals surface area contributed by atoms with Crippen molar-refractivity contribution < 1.29 is 32.6 Å². The molecule has 12 heteroatoms. The number of fused-ring (bicyclic) bond motifs is 1. The van der Waals surface area contributed by atoms with Crippen molar-refractivity contribution in [2.75, 3.05) is 19.9 Å². The van der Waals surface area contributed by atoms with Crippen LogP contribution < -0.4 is 25.8 Å². The lowest BCUT2D eigenvalue weighted by Crippen LogP contribution is -2.60. The van der Waals surface area contributed by atoms with Gasteiger partial charge in [0.15, 0.2) is 11.5 Å². The summed E-state index contributed by atoms with van der Waals surface area (Å²) in [6.45, 7) is 10.6. The molecule has 0 spiro atoms. The Bertz CT molecular complexity index is 1330. The summed E-state index contributed by atoms with van der Waals surface area (Å²) in [6.07, 6.45) is -1.06. The van der Waals surface area contributed by atoms with Gasteiger partial charge in [-0.1, -0.05) is 65.0 Å². The Labute approximate surface area is 248 Å². The van der Waals surface area contributed by atoms with Gasteiger partial charge >= 0.3 is 0 Å². The third-order valence-corrected chi connectivity index (χ3v) is 8.69. The summed E-state index contributed by atoms with van der Waals surface area (Å²) in [7, 11) is -4.06. The molecule has 0 aromatic heterocycles. The number of aliphatic hydroxyl groups excluding tert-OH is 1. The maximum Gasteiger partial charge on any atom is 0.243 e. The number of sulfonamides is 1. The number of hydrogen-bond acceptors (Lipinski definition) is 8. The molecule has 2 amide bonds. The van der Waals surface area contributed by atoms with Crippen molar-refractivity contribution in [2.45, 2.75) is 77.1 Å². The van der Waals surface area contributed by atoms with Crippen molar-refractivity contribution >= 4 is 21.8 Å². The molecule has 232 valence electrons. The average Bonchev–Trinajstić information content (AvgIpc) is 3.38. The number of nitrogens with two attached hydrogens (primary N) is 1. The van der Waals surface area contributed by atoms with E-state index in [9.17, 15) is 23.1 Å². The number of rotatable bonds is 13. The van der Waals surface area contributed by atoms with Crippen LogP contribution in [0.25, 0.3) is 0 Å². The molecule has 0 fully saturated rings. The van der Waals surface area contributed by atoms with Crippen LogP contribution in [0.2, 0.25) is 0 Å². The quantitative estimate of drug-likeness (QED) is 0.270. The Morgan fingerprint density at radius 1 is 0.976 bits per heavy atom. The van der Waals surface area contributed by atoms with Gasteiger partial charge in [0.1, 0.15) is 6.04 Å². The number of nitrogens with zero attached hydrogens (tertiary/aromatic N) is 1. The van der Waals surface area contributed by atoms with Crippen LogP contribution in [0.3, 0.4) is 0 Å². The van der Waals surface area contributed by atoms with Gasteiger partial charge in [-0.2, -0.15) is 4.31 Å². The molecule has 2 aromatic carbocycles. The van der Waals surface area contributed by atoms with E-state index in [-0.39, 0.29) is 37.1 Å². The predicted octanol–water partition coefficient (Wildman–Crippen LogP) is 2.03. The van der Waals surface area contributed by atoms with Crippen molar-refractivity contribution in [3.8, 4) is 11.5 Å². The molecule has 2 aromatic rings. The molecule has 0 bridgehead atoms. The number of hydrogen-bond donors (Lipinski definition) is 4. The van der Waals surface area contributed by atoms with Gasteiger partial charge in [-0.05, 0) is 42.4 Å². The third-order valence-electron chi connectivity index (χ3n) is 6.86. The molecule has 2 unspecified atom stereocenters. The summed E-state index contributed by atoms with van der Waals surface area (Å²) >= 11 is 0. The number of aliphatic hydroxyl groups is 1. The fraction of sp³-hybridized carbons (Fsp3) is 0.533. The van der Waals surface area contributed by atoms with Crippen molar-refractivity contribution in [1.82, 2.24) is 14.9 Å². The Morgan fingerprint density at radius 2 is 1.62 bits per heavy atom. The lowest BCUT2D eigenvalue weighted by atomic mass is 9.85. The zero-order chi connectivity index (χ0) is 31.2. The molecule has 0 saturated heterocycles. The second-order valence-corrected chi connectivity index (χ2v) is 14.1. The summed E-state index contributed by atoms with van der Waals surface area (Å²) in [5.41, 5.74) is 5.89. The minimum absolute atomic E-state index is 0.00826. The lowest BCUT2D eigenvalue weighted by Gasteiger charge is -2.35. The molecule has 1 aliphatic heterocycles. The predicted molar refractivity (Wildman–Crippen MR) is 159 cm³/mol. The molecule has 0 aliphatic carbocycles. The van der Waals surface area contributed by atoms with E-state index in [0.717, 1.165) is 5.56 Å². The van der Waals surface area contributed by atoms with Gasteiger partial charge in [-0.15, -0.1) is 0 Å². The van der Waals surface area contributed by atoms with E-state index < -0.39 is 51.5 Å². The first-order chi connectivity index (χ1) is 19.6. The smallest absolute Gasteiger partial charge is 0.243 e. The minimum Gasteiger partial charge on any atom is -0.454 e. The number of amides is 2. The van der Waals surface area contributed by atoms with Gasteiger partial charge in [0.05, 0.1) is 23.1 Å². The molecular weight excluding hydrogens is 560 g/mol. The Balaban J connectivity index is 1.91. The van der Waals surface area contributed by atoms with Crippen molar-refractivity contribution in [3.05, 3.63) is 54.1 Å². The molecule has 0 saturated carbocycles. The Morgan fingerprint density at radius 3 is 2.21 bits per heavy atom. The second kappa shape index (κ2) is 13.9. The zero-order valence-corrected chi connectivity index (χ0v) is 26.0. The highest BCUT2D eigenvalue weighted by molar-refractivity contribution is 7.89. The SMILES string of the molecule is CC(C)CN(C[C@@H](O)C(Cc1ccccc1)NC(=O)C(NC(=O)[C@H](C)N)C(C)(C)C)S(=O)(=O)c1ccc2c(c1)OCO2. The molecule has 4 atom stereocenters. The third kappa shape index (κ3) is 8.66. The molecule has 0 radical (unpaired) electrons. The number of carbonyl (C=O) groups is 2. The second-order valence-electron chi connectivity index (χ2n) is 12.2. The first-order valence-corrected chi connectivity index (χ1v) is 15.5. The van der Waals surface area contributed by atoms with Gasteiger partial charge in [0, 0.05) is 19.2 Å². The van der Waals surface area contributed by atoms with E-state index in [4.69, 9.17) is 15.2 Å². The maximum absolute atomic E-state index is 13.8. The molecular formula is C30H44N4O7S. The van der Waals surface area contributed by atoms with Crippen LogP contribution in [0.15, 0.2) is 53.4 Å². The number of nitrogens with one attached hydrogen (secondary N) is 2. The molecule has 42 heavy (non-hydrogen) atoms. The fourth-order valence-corrected chi connectivity index (χ4v) is 6.20. The monoisotopic (exact) mass is 604 g/mol. The van der Waals surface area contributed by atoms with E-state index in [1.54, 1.807) is 6.07 Å². The van der Waals surface area contributed by atoms with Crippen molar-refractivity contribution in [3.63, 3.8) is 0 Å². The molecule has 3 rings (SSSR count). The van der Waals surface area contributed by atoms with Gasteiger partial charge < -0.3 is 30.9 Å². The van der Waals surface area contributed by atoms with E-state index >= 15 is 0 Å². The maximum atomic E-state index is 13.8. The van der Waals surface area contributed by atoms with Crippen LogP contribution in [0.1, 0.15) is 47.1 Å². The Kier molecular flexibility index (Phi) is 11.0. The standard InChI is InChI=1S/C30H44N4O7S/c1-19(2)16-34(42(38,39)22-12-13-25-26(15-22)41-18-40-25)17-24(35)23(14-21-10-8-7-9-11-21)32-29(37)27(30(4,5)6)33-28(36)20(3)31/h7-13,15,19-20,23-24,27,35H,14,16-18,31H2,1-6H3,(H,32,37)(H,33,36)/t20-,23?,24+,27?/m0/s1. The summed E-state index contributed by atoms with van der Waals surface area (Å²) in [4.78, 5) is 26.0. The lowest BCUT2D eigenvalue weighted by molar-refractivity contribution is -0.133. The van der Waals surface area contributed by atoms with Crippen molar-refractivity contribution in [1.29, 1.82) is 0 Å². The molecule has 1 heterocycles. The number of ether oxygens (including phenoxy) is 2. The average molecular weight is 605 g/mol. The van der Waals surface area contributed by atoms with Crippen LogP contribution in [0, 0.1) is 11.3 Å². The molecule has 1 aliphatic rings. The van der Waals surface area contributed by atoms with Gasteiger partial charge in [-0.25, -0.2) is 8.42 Å². The summed E-state index contributed by atoms with van der Waals surface area (Å²) in [6, 6.07) is 11.0. The van der Waals surface area contributed by atoms with E-state index in [0.29, 0.717) is 11.5 Å². The highest BCUT2D eigenvalue weighted by Gasteiger charge is 2.37. The van der Waals surface area contributed by atoms with Crippen LogP contribution >= 0.6 is 0 Å². The van der Waals surface area contributed by atoms with Crippen LogP contribution in [-0.2, 0) is 26.0 Å². The van der Waals surface area contributed by atoms with Gasteiger partial charge in [-0.3, -0.25) is 9.59 Å². The summed E-state index contributed by atoms with van der Waals surface area (Å²) in [5.74, 6) is -0.257. The largest absolute Gasteiger partial charge is 0.454 e. The highest BCUT2D eigenvalue weighted by Crippen LogP contribution is 2.35. The fourth-order valence-electron chi connectivity index (χ4n) is 4.57. The first kappa shape index (κ1) is 33.3. The van der Waals surface area contributed by atoms with E-state index in [1.807, 2.05) is 65.0 Å². The summed E-state index contributed by atoms with van der Waals surface area (Å²) in [5, 5.41) is 17.2. The number of carbonyl (C=O) groups excluding carboxylic acids is 2. The minimum atomic E-state index is -4.06. The topological polar surface area (TPSA) is 160 Å². The van der Waals surface area contributed by atoms with Crippen molar-refractivity contribution in [2.24, 2.45) is 17.1 Å². The number of benzene rings is 2. The van der Waals surface area contributed by atoms with Crippen LogP contribution in [0.4, 0.5) is 0 Å².